The van der Waals surface area contributed by atoms with Gasteiger partial charge < -0.3 is 15.5 Å². The minimum absolute atomic E-state index is 0.0168. The van der Waals surface area contributed by atoms with Crippen LogP contribution in [0.2, 0.25) is 0 Å². The molecule has 0 bridgehead atoms. The quantitative estimate of drug-likeness (QED) is 0.863. The van der Waals surface area contributed by atoms with E-state index in [0.717, 1.165) is 30.8 Å². The van der Waals surface area contributed by atoms with Crippen LogP contribution in [0.3, 0.4) is 0 Å². The van der Waals surface area contributed by atoms with E-state index in [1.165, 1.54) is 0 Å². The molecule has 2 unspecified atom stereocenters. The molecule has 0 saturated carbocycles. The molecule has 1 saturated heterocycles. The minimum Gasteiger partial charge on any atom is -0.378 e. The summed E-state index contributed by atoms with van der Waals surface area (Å²) in [6.07, 6.45) is 1.14. The number of carbonyl (C=O) groups is 1. The van der Waals surface area contributed by atoms with E-state index in [-0.39, 0.29) is 11.9 Å². The number of benzene rings is 1. The van der Waals surface area contributed by atoms with Gasteiger partial charge in [0.25, 0.3) is 5.91 Å². The molecule has 0 spiro atoms. The van der Waals surface area contributed by atoms with E-state index < -0.39 is 0 Å². The van der Waals surface area contributed by atoms with Gasteiger partial charge in [0.05, 0.1) is 0 Å². The zero-order valence-corrected chi connectivity index (χ0v) is 11.9. The molecule has 1 heterocycles. The van der Waals surface area contributed by atoms with Crippen LogP contribution in [0.4, 0.5) is 5.69 Å². The van der Waals surface area contributed by atoms with Crippen LogP contribution in [0.15, 0.2) is 24.3 Å². The van der Waals surface area contributed by atoms with E-state index >= 15 is 0 Å². The number of hydrogen-bond acceptors (Lipinski definition) is 3. The predicted octanol–water partition coefficient (Wildman–Crippen LogP) is 1.48. The van der Waals surface area contributed by atoms with Crippen LogP contribution in [-0.4, -0.2) is 39.1 Å². The Balaban J connectivity index is 2.00. The van der Waals surface area contributed by atoms with Crippen LogP contribution in [0, 0.1) is 5.92 Å². The third kappa shape index (κ3) is 3.47. The first-order valence-electron chi connectivity index (χ1n) is 6.87. The van der Waals surface area contributed by atoms with Crippen molar-refractivity contribution in [3.8, 4) is 0 Å². The van der Waals surface area contributed by atoms with E-state index in [1.54, 1.807) is 0 Å². The number of amides is 1. The Morgan fingerprint density at radius 3 is 2.89 bits per heavy atom. The Morgan fingerprint density at radius 1 is 1.47 bits per heavy atom. The Morgan fingerprint density at radius 2 is 2.26 bits per heavy atom. The van der Waals surface area contributed by atoms with Gasteiger partial charge in [-0.1, -0.05) is 6.07 Å². The monoisotopic (exact) mass is 261 g/mol. The fourth-order valence-electron chi connectivity index (χ4n) is 2.44. The van der Waals surface area contributed by atoms with Gasteiger partial charge in [-0.2, -0.15) is 0 Å². The smallest absolute Gasteiger partial charge is 0.251 e. The van der Waals surface area contributed by atoms with Gasteiger partial charge in [-0.25, -0.2) is 0 Å². The first-order chi connectivity index (χ1) is 9.08. The van der Waals surface area contributed by atoms with Crippen LogP contribution < -0.4 is 15.5 Å². The molecule has 104 valence electrons. The highest BCUT2D eigenvalue weighted by atomic mass is 16.1. The summed E-state index contributed by atoms with van der Waals surface area (Å²) >= 11 is 0. The number of carbonyl (C=O) groups excluding carboxylic acids is 1. The lowest BCUT2D eigenvalue weighted by Crippen LogP contribution is -2.38. The average Bonchev–Trinajstić information content (AvgIpc) is 2.92. The van der Waals surface area contributed by atoms with Crippen LogP contribution >= 0.6 is 0 Å². The zero-order chi connectivity index (χ0) is 13.8. The lowest BCUT2D eigenvalue weighted by Gasteiger charge is -2.20. The van der Waals surface area contributed by atoms with Gasteiger partial charge in [0.15, 0.2) is 0 Å². The van der Waals surface area contributed by atoms with E-state index in [2.05, 4.69) is 17.6 Å². The van der Waals surface area contributed by atoms with Crippen LogP contribution in [0.1, 0.15) is 23.7 Å². The molecule has 1 aromatic rings. The van der Waals surface area contributed by atoms with Gasteiger partial charge in [0.1, 0.15) is 0 Å². The Labute approximate surface area is 115 Å². The van der Waals surface area contributed by atoms with Crippen molar-refractivity contribution >= 4 is 11.6 Å². The van der Waals surface area contributed by atoms with E-state index in [4.69, 9.17) is 0 Å². The molecule has 19 heavy (non-hydrogen) atoms. The van der Waals surface area contributed by atoms with Gasteiger partial charge in [0.2, 0.25) is 0 Å². The number of anilines is 1. The Hall–Kier alpha value is -1.55. The maximum atomic E-state index is 12.2. The molecule has 4 nitrogen and oxygen atoms in total. The highest BCUT2D eigenvalue weighted by molar-refractivity contribution is 5.95. The standard InChI is InChI=1S/C15H23N3O/c1-11(13-7-8-16-10-13)17-15(19)12-5-4-6-14(9-12)18(2)3/h4-6,9,11,13,16H,7-8,10H2,1-3H3,(H,17,19). The molecule has 0 aliphatic carbocycles. The lowest BCUT2D eigenvalue weighted by molar-refractivity contribution is 0.0929. The summed E-state index contributed by atoms with van der Waals surface area (Å²) in [6, 6.07) is 7.93. The van der Waals surface area contributed by atoms with Crippen molar-refractivity contribution in [2.24, 2.45) is 5.92 Å². The van der Waals surface area contributed by atoms with Crippen LogP contribution in [-0.2, 0) is 0 Å². The summed E-state index contributed by atoms with van der Waals surface area (Å²) in [4.78, 5) is 14.2. The second-order valence-electron chi connectivity index (χ2n) is 5.46. The molecule has 0 radical (unpaired) electrons. The fraction of sp³-hybridized carbons (Fsp3) is 0.533. The second kappa shape index (κ2) is 6.06. The summed E-state index contributed by atoms with van der Waals surface area (Å²) in [5, 5.41) is 6.44. The van der Waals surface area contributed by atoms with Gasteiger partial charge in [-0.05, 0) is 50.6 Å². The normalized spacial score (nSPS) is 20.1. The maximum Gasteiger partial charge on any atom is 0.251 e. The first kappa shape index (κ1) is 13.9. The Bertz CT molecular complexity index is 439. The summed E-state index contributed by atoms with van der Waals surface area (Å²) in [5.74, 6) is 0.559. The van der Waals surface area contributed by atoms with E-state index in [0.29, 0.717) is 5.92 Å². The van der Waals surface area contributed by atoms with Crippen molar-refractivity contribution in [3.05, 3.63) is 29.8 Å². The van der Waals surface area contributed by atoms with Gasteiger partial charge in [-0.15, -0.1) is 0 Å². The number of hydrogen-bond donors (Lipinski definition) is 2. The summed E-state index contributed by atoms with van der Waals surface area (Å²) in [7, 11) is 3.95. The van der Waals surface area contributed by atoms with Crippen LogP contribution in [0.5, 0.6) is 0 Å². The van der Waals surface area contributed by atoms with E-state index in [9.17, 15) is 4.79 Å². The molecule has 1 fully saturated rings. The minimum atomic E-state index is 0.0168. The third-order valence-electron chi connectivity index (χ3n) is 3.79. The summed E-state index contributed by atoms with van der Waals surface area (Å²) < 4.78 is 0. The number of nitrogens with zero attached hydrogens (tertiary/aromatic N) is 1. The second-order valence-corrected chi connectivity index (χ2v) is 5.46. The van der Waals surface area contributed by atoms with Gasteiger partial charge >= 0.3 is 0 Å². The van der Waals surface area contributed by atoms with Crippen molar-refractivity contribution in [2.75, 3.05) is 32.1 Å². The molecule has 2 N–H and O–H groups in total. The van der Waals surface area contributed by atoms with Crippen molar-refractivity contribution in [3.63, 3.8) is 0 Å². The average molecular weight is 261 g/mol. The highest BCUT2D eigenvalue weighted by Crippen LogP contribution is 2.15. The largest absolute Gasteiger partial charge is 0.378 e. The molecule has 1 amide bonds. The topological polar surface area (TPSA) is 44.4 Å². The zero-order valence-electron chi connectivity index (χ0n) is 11.9. The molecule has 0 aromatic heterocycles. The summed E-state index contributed by atoms with van der Waals surface area (Å²) in [5.41, 5.74) is 1.77. The third-order valence-corrected chi connectivity index (χ3v) is 3.79. The van der Waals surface area contributed by atoms with E-state index in [1.807, 2.05) is 43.3 Å². The highest BCUT2D eigenvalue weighted by Gasteiger charge is 2.22. The molecule has 4 heteroatoms. The van der Waals surface area contributed by atoms with Crippen LogP contribution in [0.25, 0.3) is 0 Å². The molecule has 2 rings (SSSR count). The lowest BCUT2D eigenvalue weighted by atomic mass is 10.0. The Kier molecular flexibility index (Phi) is 4.43. The molecular weight excluding hydrogens is 238 g/mol. The van der Waals surface area contributed by atoms with Crippen molar-refractivity contribution < 1.29 is 4.79 Å². The SMILES string of the molecule is CC(NC(=O)c1cccc(N(C)C)c1)C1CCNC1. The first-order valence-corrected chi connectivity index (χ1v) is 6.87. The molecule has 2 atom stereocenters. The molecule has 1 aliphatic heterocycles. The number of rotatable bonds is 4. The fourth-order valence-corrected chi connectivity index (χ4v) is 2.44. The van der Waals surface area contributed by atoms with Crippen molar-refractivity contribution in [1.82, 2.24) is 10.6 Å². The molecule has 1 aliphatic rings. The van der Waals surface area contributed by atoms with Crippen molar-refractivity contribution in [2.45, 2.75) is 19.4 Å². The van der Waals surface area contributed by atoms with Crippen molar-refractivity contribution in [1.29, 1.82) is 0 Å². The maximum absolute atomic E-state index is 12.2. The predicted molar refractivity (Wildman–Crippen MR) is 78.7 cm³/mol. The molecule has 1 aromatic carbocycles. The van der Waals surface area contributed by atoms with Gasteiger partial charge in [-0.3, -0.25) is 4.79 Å². The summed E-state index contributed by atoms with van der Waals surface area (Å²) in [6.45, 7) is 4.14. The van der Waals surface area contributed by atoms with Gasteiger partial charge in [0, 0.05) is 31.4 Å². The molecular formula is C15H23N3O. The number of nitrogens with one attached hydrogen (secondary N) is 2.